The van der Waals surface area contributed by atoms with Gasteiger partial charge in [0.25, 0.3) is 5.91 Å². The largest absolute Gasteiger partial charge is 0.396 e. The number of primary amides is 1. The molecular weight excluding hydrogens is 208 g/mol. The zero-order chi connectivity index (χ0) is 12.0. The monoisotopic (exact) mass is 226 g/mol. The van der Waals surface area contributed by atoms with Gasteiger partial charge in [-0.2, -0.15) is 0 Å². The van der Waals surface area contributed by atoms with Crippen molar-refractivity contribution >= 4 is 5.91 Å². The molecule has 0 radical (unpaired) electrons. The lowest BCUT2D eigenvalue weighted by Gasteiger charge is -2.05. The van der Waals surface area contributed by atoms with Crippen molar-refractivity contribution in [2.45, 2.75) is 39.2 Å². The van der Waals surface area contributed by atoms with Gasteiger partial charge in [0, 0.05) is 13.2 Å². The summed E-state index contributed by atoms with van der Waals surface area (Å²) >= 11 is 0. The quantitative estimate of drug-likeness (QED) is 0.645. The van der Waals surface area contributed by atoms with Crippen LogP contribution in [0, 0.1) is 0 Å². The Balaban J connectivity index is 2.78. The first-order valence-electron chi connectivity index (χ1n) is 5.53. The molecule has 0 fully saturated rings. The molecule has 1 heterocycles. The van der Waals surface area contributed by atoms with Crippen molar-refractivity contribution in [2.24, 2.45) is 5.73 Å². The lowest BCUT2D eigenvalue weighted by molar-refractivity contribution is 0.0994. The molecular formula is C10H18N4O2. The molecule has 1 rings (SSSR count). The highest BCUT2D eigenvalue weighted by Crippen LogP contribution is 2.09. The highest BCUT2D eigenvalue weighted by Gasteiger charge is 2.15. The van der Waals surface area contributed by atoms with Crippen LogP contribution in [0.3, 0.4) is 0 Å². The number of nitrogens with zero attached hydrogens (tertiary/aromatic N) is 3. The van der Waals surface area contributed by atoms with Gasteiger partial charge < -0.3 is 10.8 Å². The number of unbranched alkanes of at least 4 members (excludes halogenated alkanes) is 1. The van der Waals surface area contributed by atoms with E-state index in [-0.39, 0.29) is 12.3 Å². The van der Waals surface area contributed by atoms with Crippen LogP contribution in [-0.4, -0.2) is 32.6 Å². The fourth-order valence-electron chi connectivity index (χ4n) is 1.56. The number of aliphatic hydroxyl groups is 1. The van der Waals surface area contributed by atoms with E-state index in [4.69, 9.17) is 10.8 Å². The Bertz CT molecular complexity index is 349. The number of amides is 1. The maximum atomic E-state index is 11.1. The molecule has 0 atom stereocenters. The summed E-state index contributed by atoms with van der Waals surface area (Å²) in [6.45, 7) is 2.85. The molecule has 16 heavy (non-hydrogen) atoms. The molecule has 90 valence electrons. The van der Waals surface area contributed by atoms with Crippen LogP contribution in [0.25, 0.3) is 0 Å². The van der Waals surface area contributed by atoms with Crippen LogP contribution in [0.2, 0.25) is 0 Å². The van der Waals surface area contributed by atoms with Gasteiger partial charge in [-0.25, -0.2) is 4.68 Å². The van der Waals surface area contributed by atoms with E-state index >= 15 is 0 Å². The normalized spacial score (nSPS) is 10.6. The van der Waals surface area contributed by atoms with E-state index in [2.05, 4.69) is 10.3 Å². The van der Waals surface area contributed by atoms with Crippen molar-refractivity contribution in [3.63, 3.8) is 0 Å². The summed E-state index contributed by atoms with van der Waals surface area (Å²) in [5.74, 6) is -0.531. The maximum Gasteiger partial charge on any atom is 0.271 e. The predicted octanol–water partition coefficient (Wildman–Crippen LogP) is 0.102. The molecule has 6 heteroatoms. The number of nitrogens with two attached hydrogens (primary N) is 1. The summed E-state index contributed by atoms with van der Waals surface area (Å²) in [5.41, 5.74) is 6.29. The van der Waals surface area contributed by atoms with E-state index < -0.39 is 5.91 Å². The van der Waals surface area contributed by atoms with Gasteiger partial charge in [0.15, 0.2) is 5.69 Å². The van der Waals surface area contributed by atoms with Crippen molar-refractivity contribution in [3.8, 4) is 0 Å². The molecule has 0 aromatic carbocycles. The molecule has 1 aromatic rings. The van der Waals surface area contributed by atoms with Crippen molar-refractivity contribution in [3.05, 3.63) is 11.4 Å². The Kier molecular flexibility index (Phi) is 4.91. The minimum Gasteiger partial charge on any atom is -0.396 e. The number of aromatic nitrogens is 3. The van der Waals surface area contributed by atoms with E-state index in [0.29, 0.717) is 6.54 Å². The number of carbonyl (C=O) groups excluding carboxylic acids is 1. The van der Waals surface area contributed by atoms with E-state index in [0.717, 1.165) is 31.4 Å². The third kappa shape index (κ3) is 3.03. The Morgan fingerprint density at radius 1 is 1.50 bits per heavy atom. The first-order valence-corrected chi connectivity index (χ1v) is 5.53. The Hall–Kier alpha value is -1.43. The fraction of sp³-hybridized carbons (Fsp3) is 0.700. The van der Waals surface area contributed by atoms with Crippen LogP contribution in [0.15, 0.2) is 0 Å². The fourth-order valence-corrected chi connectivity index (χ4v) is 1.56. The first-order chi connectivity index (χ1) is 7.70. The molecule has 0 aliphatic rings. The Morgan fingerprint density at radius 3 is 2.81 bits per heavy atom. The zero-order valence-electron chi connectivity index (χ0n) is 9.52. The summed E-state index contributed by atoms with van der Waals surface area (Å²) in [5, 5.41) is 16.4. The number of aliphatic hydroxyl groups excluding tert-OH is 1. The molecule has 1 amide bonds. The number of rotatable bonds is 7. The second kappa shape index (κ2) is 6.22. The molecule has 0 saturated heterocycles. The lowest BCUT2D eigenvalue weighted by atomic mass is 10.2. The van der Waals surface area contributed by atoms with E-state index in [1.165, 1.54) is 0 Å². The van der Waals surface area contributed by atoms with Gasteiger partial charge in [-0.05, 0) is 19.3 Å². The second-order valence-electron chi connectivity index (χ2n) is 3.65. The molecule has 0 aliphatic heterocycles. The van der Waals surface area contributed by atoms with Crippen molar-refractivity contribution in [1.82, 2.24) is 15.0 Å². The Morgan fingerprint density at radius 2 is 2.25 bits per heavy atom. The van der Waals surface area contributed by atoms with Crippen LogP contribution in [0.4, 0.5) is 0 Å². The minimum absolute atomic E-state index is 0.167. The number of carbonyl (C=O) groups is 1. The zero-order valence-corrected chi connectivity index (χ0v) is 9.52. The summed E-state index contributed by atoms with van der Waals surface area (Å²) in [6.07, 6.45) is 3.18. The van der Waals surface area contributed by atoms with Gasteiger partial charge in [-0.3, -0.25) is 4.79 Å². The van der Waals surface area contributed by atoms with Crippen molar-refractivity contribution < 1.29 is 9.90 Å². The number of hydrogen-bond acceptors (Lipinski definition) is 4. The average Bonchev–Trinajstić information content (AvgIpc) is 2.63. The standard InChI is InChI=1S/C10H18N4O2/c1-2-5-8-9(10(11)16)12-13-14(8)6-3-4-7-15/h15H,2-7H2,1H3,(H2,11,16). The number of hydrogen-bond donors (Lipinski definition) is 2. The average molecular weight is 226 g/mol. The highest BCUT2D eigenvalue weighted by atomic mass is 16.2. The van der Waals surface area contributed by atoms with Crippen LogP contribution < -0.4 is 5.73 Å². The van der Waals surface area contributed by atoms with Crippen molar-refractivity contribution in [1.29, 1.82) is 0 Å². The minimum atomic E-state index is -0.531. The van der Waals surface area contributed by atoms with Gasteiger partial charge in [-0.1, -0.05) is 18.6 Å². The van der Waals surface area contributed by atoms with Crippen LogP contribution in [0.5, 0.6) is 0 Å². The third-order valence-corrected chi connectivity index (χ3v) is 2.34. The van der Waals surface area contributed by atoms with Gasteiger partial charge in [0.05, 0.1) is 5.69 Å². The summed E-state index contributed by atoms with van der Waals surface area (Å²) in [4.78, 5) is 11.1. The lowest BCUT2D eigenvalue weighted by Crippen LogP contribution is -2.15. The van der Waals surface area contributed by atoms with E-state index in [1.807, 2.05) is 6.92 Å². The van der Waals surface area contributed by atoms with E-state index in [1.54, 1.807) is 4.68 Å². The molecule has 0 bridgehead atoms. The summed E-state index contributed by atoms with van der Waals surface area (Å²) < 4.78 is 1.71. The molecule has 6 nitrogen and oxygen atoms in total. The van der Waals surface area contributed by atoms with Gasteiger partial charge in [-0.15, -0.1) is 5.10 Å². The molecule has 0 spiro atoms. The predicted molar refractivity (Wildman–Crippen MR) is 58.9 cm³/mol. The van der Waals surface area contributed by atoms with Gasteiger partial charge in [0.1, 0.15) is 0 Å². The number of aryl methyl sites for hydroxylation is 1. The van der Waals surface area contributed by atoms with Crippen LogP contribution in [0.1, 0.15) is 42.4 Å². The SMILES string of the molecule is CCCc1c(C(N)=O)nnn1CCCCO. The summed E-state index contributed by atoms with van der Waals surface area (Å²) in [7, 11) is 0. The first kappa shape index (κ1) is 12.6. The van der Waals surface area contributed by atoms with Gasteiger partial charge in [0.2, 0.25) is 0 Å². The molecule has 3 N–H and O–H groups in total. The topological polar surface area (TPSA) is 94.0 Å². The smallest absolute Gasteiger partial charge is 0.271 e. The van der Waals surface area contributed by atoms with Crippen LogP contribution >= 0.6 is 0 Å². The van der Waals surface area contributed by atoms with E-state index in [9.17, 15) is 4.79 Å². The van der Waals surface area contributed by atoms with Crippen molar-refractivity contribution in [2.75, 3.05) is 6.61 Å². The molecule has 1 aromatic heterocycles. The van der Waals surface area contributed by atoms with Crippen LogP contribution in [-0.2, 0) is 13.0 Å². The molecule has 0 saturated carbocycles. The second-order valence-corrected chi connectivity index (χ2v) is 3.65. The molecule has 0 aliphatic carbocycles. The third-order valence-electron chi connectivity index (χ3n) is 2.34. The summed E-state index contributed by atoms with van der Waals surface area (Å²) in [6, 6.07) is 0. The Labute approximate surface area is 94.4 Å². The van der Waals surface area contributed by atoms with Gasteiger partial charge >= 0.3 is 0 Å². The maximum absolute atomic E-state index is 11.1. The highest BCUT2D eigenvalue weighted by molar-refractivity contribution is 5.91. The molecule has 0 unspecified atom stereocenters.